The first-order valence-corrected chi connectivity index (χ1v) is 8.06. The Hall–Kier alpha value is -1.60. The van der Waals surface area contributed by atoms with Gasteiger partial charge < -0.3 is 9.26 Å². The molecule has 0 amide bonds. The van der Waals surface area contributed by atoms with E-state index in [4.69, 9.17) is 19.9 Å². The van der Waals surface area contributed by atoms with Crippen LogP contribution < -0.4 is 4.74 Å². The minimum Gasteiger partial charge on any atom is -0.484 e. The molecule has 0 atom stereocenters. The number of halogens is 1. The van der Waals surface area contributed by atoms with E-state index in [1.54, 1.807) is 20.8 Å². The van der Waals surface area contributed by atoms with Crippen molar-refractivity contribution in [1.29, 1.82) is 0 Å². The molecule has 2 rings (SSSR count). The molecule has 20 heavy (non-hydrogen) atoms. The van der Waals surface area contributed by atoms with Gasteiger partial charge in [0.25, 0.3) is 9.05 Å². The van der Waals surface area contributed by atoms with Crippen LogP contribution in [-0.4, -0.2) is 18.6 Å². The van der Waals surface area contributed by atoms with Crippen molar-refractivity contribution in [3.8, 4) is 5.75 Å². The molecule has 0 aliphatic rings. The quantitative estimate of drug-likeness (QED) is 0.806. The minimum atomic E-state index is -3.89. The molecular formula is C12H13ClN2O4S. The fourth-order valence-corrected chi connectivity index (χ4v) is 2.93. The zero-order valence-electron chi connectivity index (χ0n) is 11.2. The second-order valence-corrected chi connectivity index (χ2v) is 6.90. The maximum absolute atomic E-state index is 11.6. The highest BCUT2D eigenvalue weighted by Crippen LogP contribution is 2.32. The van der Waals surface area contributed by atoms with Crippen LogP contribution in [0.1, 0.15) is 22.8 Å². The maximum Gasteiger partial charge on any atom is 0.265 e. The van der Waals surface area contributed by atoms with E-state index in [9.17, 15) is 8.42 Å². The van der Waals surface area contributed by atoms with E-state index in [2.05, 4.69) is 10.1 Å². The van der Waals surface area contributed by atoms with Gasteiger partial charge in [-0.15, -0.1) is 0 Å². The Morgan fingerprint density at radius 2 is 2.00 bits per heavy atom. The summed E-state index contributed by atoms with van der Waals surface area (Å²) in [6.45, 7) is 5.18. The molecule has 1 aromatic heterocycles. The highest BCUT2D eigenvalue weighted by molar-refractivity contribution is 8.13. The molecule has 0 spiro atoms. The third-order valence-corrected chi connectivity index (χ3v) is 3.89. The van der Waals surface area contributed by atoms with E-state index in [-0.39, 0.29) is 17.3 Å². The Kier molecular flexibility index (Phi) is 4.01. The van der Waals surface area contributed by atoms with Gasteiger partial charge in [-0.1, -0.05) is 11.2 Å². The number of aryl methyl sites for hydroxylation is 3. The second-order valence-electron chi connectivity index (χ2n) is 4.37. The summed E-state index contributed by atoms with van der Waals surface area (Å²) in [5.74, 6) is 0.947. The van der Waals surface area contributed by atoms with Gasteiger partial charge in [-0.3, -0.25) is 0 Å². The van der Waals surface area contributed by atoms with Gasteiger partial charge in [0, 0.05) is 17.6 Å². The lowest BCUT2D eigenvalue weighted by atomic mass is 10.1. The summed E-state index contributed by atoms with van der Waals surface area (Å²) < 4.78 is 33.5. The Morgan fingerprint density at radius 3 is 2.55 bits per heavy atom. The van der Waals surface area contributed by atoms with E-state index in [0.29, 0.717) is 17.3 Å². The normalized spacial score (nSPS) is 11.6. The molecule has 8 heteroatoms. The fourth-order valence-electron chi connectivity index (χ4n) is 1.82. The molecule has 1 aromatic carbocycles. The van der Waals surface area contributed by atoms with Gasteiger partial charge >= 0.3 is 0 Å². The summed E-state index contributed by atoms with van der Waals surface area (Å²) in [6.07, 6.45) is 0. The predicted octanol–water partition coefficient (Wildman–Crippen LogP) is 2.50. The number of rotatable bonds is 4. The van der Waals surface area contributed by atoms with Crippen molar-refractivity contribution in [3.05, 3.63) is 35.0 Å². The molecule has 108 valence electrons. The number of hydrogen-bond acceptors (Lipinski definition) is 6. The van der Waals surface area contributed by atoms with Crippen molar-refractivity contribution in [2.24, 2.45) is 0 Å². The van der Waals surface area contributed by atoms with Crippen LogP contribution in [0.25, 0.3) is 0 Å². The number of ether oxygens (including phenoxy) is 1. The van der Waals surface area contributed by atoms with Crippen molar-refractivity contribution in [2.75, 3.05) is 0 Å². The lowest BCUT2D eigenvalue weighted by Crippen LogP contribution is -2.04. The van der Waals surface area contributed by atoms with Gasteiger partial charge in [0.2, 0.25) is 11.7 Å². The number of nitrogens with zero attached hydrogens (tertiary/aromatic N) is 2. The van der Waals surface area contributed by atoms with E-state index in [0.717, 1.165) is 5.56 Å². The van der Waals surface area contributed by atoms with Crippen LogP contribution in [0.5, 0.6) is 5.75 Å². The Labute approximate surface area is 121 Å². The van der Waals surface area contributed by atoms with Crippen LogP contribution in [-0.2, 0) is 15.7 Å². The molecule has 0 N–H and O–H groups in total. The van der Waals surface area contributed by atoms with Crippen molar-refractivity contribution < 1.29 is 17.7 Å². The lowest BCUT2D eigenvalue weighted by Gasteiger charge is -2.12. The number of hydrogen-bond donors (Lipinski definition) is 0. The molecule has 0 aliphatic carbocycles. The average molecular weight is 317 g/mol. The van der Waals surface area contributed by atoms with Gasteiger partial charge in [0.05, 0.1) is 0 Å². The van der Waals surface area contributed by atoms with Crippen LogP contribution in [0.3, 0.4) is 0 Å². The van der Waals surface area contributed by atoms with Crippen LogP contribution in [0.2, 0.25) is 0 Å². The highest BCUT2D eigenvalue weighted by Gasteiger charge is 2.20. The largest absolute Gasteiger partial charge is 0.484 e. The van der Waals surface area contributed by atoms with Gasteiger partial charge in [-0.25, -0.2) is 8.42 Å². The maximum atomic E-state index is 11.6. The molecular weight excluding hydrogens is 304 g/mol. The third kappa shape index (κ3) is 3.29. The molecule has 1 heterocycles. The summed E-state index contributed by atoms with van der Waals surface area (Å²) in [5.41, 5.74) is 1.45. The molecule has 2 aromatic rings. The SMILES string of the molecule is Cc1cc(C)c(OCc2noc(C)n2)c(S(=O)(=O)Cl)c1. The highest BCUT2D eigenvalue weighted by atomic mass is 35.7. The van der Waals surface area contributed by atoms with Crippen molar-refractivity contribution in [1.82, 2.24) is 10.1 Å². The molecule has 0 aliphatic heterocycles. The second kappa shape index (κ2) is 5.41. The van der Waals surface area contributed by atoms with Gasteiger partial charge in [-0.05, 0) is 31.0 Å². The predicted molar refractivity (Wildman–Crippen MR) is 72.3 cm³/mol. The minimum absolute atomic E-state index is 0.000645. The van der Waals surface area contributed by atoms with Crippen LogP contribution in [0, 0.1) is 20.8 Å². The Balaban J connectivity index is 2.35. The van der Waals surface area contributed by atoms with Crippen molar-refractivity contribution in [3.63, 3.8) is 0 Å². The molecule has 0 saturated carbocycles. The molecule has 6 nitrogen and oxygen atoms in total. The van der Waals surface area contributed by atoms with E-state index in [1.807, 2.05) is 6.07 Å². The smallest absolute Gasteiger partial charge is 0.265 e. The summed E-state index contributed by atoms with van der Waals surface area (Å²) in [5, 5.41) is 3.68. The van der Waals surface area contributed by atoms with E-state index in [1.165, 1.54) is 6.07 Å². The summed E-state index contributed by atoms with van der Waals surface area (Å²) >= 11 is 0. The monoisotopic (exact) mass is 316 g/mol. The lowest BCUT2D eigenvalue weighted by molar-refractivity contribution is 0.277. The van der Waals surface area contributed by atoms with Gasteiger partial charge in [0.15, 0.2) is 6.61 Å². The zero-order chi connectivity index (χ0) is 14.9. The van der Waals surface area contributed by atoms with Crippen LogP contribution >= 0.6 is 10.7 Å². The average Bonchev–Trinajstić information content (AvgIpc) is 2.72. The first-order valence-electron chi connectivity index (χ1n) is 5.75. The zero-order valence-corrected chi connectivity index (χ0v) is 12.7. The fraction of sp³-hybridized carbons (Fsp3) is 0.333. The number of aromatic nitrogens is 2. The molecule has 0 bridgehead atoms. The van der Waals surface area contributed by atoms with Gasteiger partial charge in [-0.2, -0.15) is 4.98 Å². The molecule has 0 fully saturated rings. The number of benzene rings is 1. The standard InChI is InChI=1S/C12H13ClN2O4S/c1-7-4-8(2)12(10(5-7)20(13,16)17)18-6-11-14-9(3)19-15-11/h4-5H,6H2,1-3H3. The molecule has 0 saturated heterocycles. The molecule has 0 unspecified atom stereocenters. The first kappa shape index (κ1) is 14.8. The summed E-state index contributed by atoms with van der Waals surface area (Å²) in [7, 11) is 1.54. The van der Waals surface area contributed by atoms with Crippen molar-refractivity contribution in [2.45, 2.75) is 32.3 Å². The van der Waals surface area contributed by atoms with Crippen LogP contribution in [0.15, 0.2) is 21.6 Å². The first-order chi connectivity index (χ1) is 9.27. The Morgan fingerprint density at radius 1 is 1.30 bits per heavy atom. The summed E-state index contributed by atoms with van der Waals surface area (Å²) in [6, 6.07) is 3.27. The molecule has 0 radical (unpaired) electrons. The Bertz CT molecular complexity index is 740. The van der Waals surface area contributed by atoms with E-state index >= 15 is 0 Å². The topological polar surface area (TPSA) is 82.3 Å². The van der Waals surface area contributed by atoms with Crippen LogP contribution in [0.4, 0.5) is 0 Å². The van der Waals surface area contributed by atoms with E-state index < -0.39 is 9.05 Å². The van der Waals surface area contributed by atoms with Crippen molar-refractivity contribution >= 4 is 19.7 Å². The van der Waals surface area contributed by atoms with Gasteiger partial charge in [0.1, 0.15) is 10.6 Å². The third-order valence-electron chi connectivity index (χ3n) is 2.56. The summed E-state index contributed by atoms with van der Waals surface area (Å²) in [4.78, 5) is 3.92.